The van der Waals surface area contributed by atoms with Crippen LogP contribution in [0.5, 0.6) is 5.88 Å². The zero-order valence-corrected chi connectivity index (χ0v) is 24.1. The SMILES string of the molecule is C=CC(=O)Cc1cc(CN2CCN(S(C)(=O)=O)CC2)ccc1Nc1nc(Nc2cc(OC)ncc2C)ncc1C. The Balaban J connectivity index is 1.54. The third-order valence-corrected chi connectivity index (χ3v) is 8.03. The number of aromatic nitrogens is 3. The summed E-state index contributed by atoms with van der Waals surface area (Å²) in [6.45, 7) is 10.3. The van der Waals surface area contributed by atoms with Gasteiger partial charge in [-0.1, -0.05) is 18.7 Å². The van der Waals surface area contributed by atoms with Crippen molar-refractivity contribution in [2.75, 3.05) is 50.2 Å². The van der Waals surface area contributed by atoms with Crippen molar-refractivity contribution < 1.29 is 17.9 Å². The first kappa shape index (κ1) is 29.1. The van der Waals surface area contributed by atoms with Crippen LogP contribution in [-0.4, -0.2) is 77.9 Å². The first-order valence-corrected chi connectivity index (χ1v) is 14.7. The number of rotatable bonds is 11. The second-order valence-corrected chi connectivity index (χ2v) is 11.8. The number of hydrogen-bond donors (Lipinski definition) is 2. The standard InChI is InChI=1S/C28H35N7O4S/c1-6-23(36)14-22-13-21(18-34-9-11-35(12-10-34)40(5,37)38)7-8-24(22)31-27-20(3)17-30-28(33-27)32-25-15-26(39-4)29-16-19(25)2/h6-8,13,15-17H,1,9-12,14,18H2,2-5H3,(H2,29,30,31,32,33). The molecule has 0 bridgehead atoms. The molecule has 1 fully saturated rings. The Bertz CT molecular complexity index is 1500. The van der Waals surface area contributed by atoms with Crippen LogP contribution in [0.25, 0.3) is 0 Å². The van der Waals surface area contributed by atoms with Crippen molar-refractivity contribution in [2.45, 2.75) is 26.8 Å². The molecule has 0 saturated carbocycles. The Kier molecular flexibility index (Phi) is 9.13. The number of methoxy groups -OCH3 is 1. The summed E-state index contributed by atoms with van der Waals surface area (Å²) in [5.74, 6) is 1.39. The number of ether oxygens (including phenoxy) is 1. The summed E-state index contributed by atoms with van der Waals surface area (Å²) in [6.07, 6.45) is 6.19. The highest BCUT2D eigenvalue weighted by Crippen LogP contribution is 2.27. The lowest BCUT2D eigenvalue weighted by Crippen LogP contribution is -2.47. The quantitative estimate of drug-likeness (QED) is 0.334. The molecule has 0 aliphatic carbocycles. The van der Waals surface area contributed by atoms with E-state index in [0.717, 1.165) is 33.6 Å². The lowest BCUT2D eigenvalue weighted by molar-refractivity contribution is -0.114. The number of allylic oxidation sites excluding steroid dienone is 1. The van der Waals surface area contributed by atoms with E-state index in [0.29, 0.717) is 50.4 Å². The first-order chi connectivity index (χ1) is 19.0. The van der Waals surface area contributed by atoms with Crippen LogP contribution in [-0.2, 0) is 27.8 Å². The Morgan fingerprint density at radius 2 is 1.77 bits per heavy atom. The Hall–Kier alpha value is -3.87. The van der Waals surface area contributed by atoms with E-state index in [4.69, 9.17) is 4.74 Å². The summed E-state index contributed by atoms with van der Waals surface area (Å²) >= 11 is 0. The number of piperazine rings is 1. The molecule has 1 aromatic carbocycles. The minimum atomic E-state index is -3.18. The Labute approximate surface area is 235 Å². The van der Waals surface area contributed by atoms with Crippen molar-refractivity contribution >= 4 is 38.9 Å². The molecule has 2 aromatic heterocycles. The maximum Gasteiger partial charge on any atom is 0.229 e. The van der Waals surface area contributed by atoms with E-state index >= 15 is 0 Å². The maximum atomic E-state index is 12.4. The minimum absolute atomic E-state index is 0.0918. The minimum Gasteiger partial charge on any atom is -0.481 e. The van der Waals surface area contributed by atoms with Crippen molar-refractivity contribution in [1.82, 2.24) is 24.2 Å². The second-order valence-electron chi connectivity index (χ2n) is 9.79. The Morgan fingerprint density at radius 1 is 1.05 bits per heavy atom. The average molecular weight is 566 g/mol. The fourth-order valence-corrected chi connectivity index (χ4v) is 5.21. The van der Waals surface area contributed by atoms with Gasteiger partial charge in [0.2, 0.25) is 21.9 Å². The normalized spacial score (nSPS) is 14.5. The van der Waals surface area contributed by atoms with Crippen LogP contribution >= 0.6 is 0 Å². The highest BCUT2D eigenvalue weighted by atomic mass is 32.2. The third kappa shape index (κ3) is 7.40. The van der Waals surface area contributed by atoms with Crippen LogP contribution in [0.2, 0.25) is 0 Å². The van der Waals surface area contributed by atoms with Gasteiger partial charge in [0, 0.05) is 68.9 Å². The van der Waals surface area contributed by atoms with E-state index < -0.39 is 10.0 Å². The summed E-state index contributed by atoms with van der Waals surface area (Å²) in [5, 5.41) is 6.61. The summed E-state index contributed by atoms with van der Waals surface area (Å²) in [6, 6.07) is 7.75. The number of pyridine rings is 1. The molecule has 12 heteroatoms. The van der Waals surface area contributed by atoms with E-state index in [9.17, 15) is 13.2 Å². The molecule has 40 heavy (non-hydrogen) atoms. The number of nitrogens with zero attached hydrogens (tertiary/aromatic N) is 5. The first-order valence-electron chi connectivity index (χ1n) is 12.9. The molecule has 11 nitrogen and oxygen atoms in total. The smallest absolute Gasteiger partial charge is 0.229 e. The van der Waals surface area contributed by atoms with Crippen LogP contribution in [0.4, 0.5) is 23.1 Å². The van der Waals surface area contributed by atoms with Crippen LogP contribution in [0.3, 0.4) is 0 Å². The van der Waals surface area contributed by atoms with Crippen molar-refractivity contribution in [2.24, 2.45) is 0 Å². The van der Waals surface area contributed by atoms with E-state index in [-0.39, 0.29) is 12.2 Å². The number of nitrogens with one attached hydrogen (secondary N) is 2. The van der Waals surface area contributed by atoms with E-state index in [2.05, 4.69) is 37.1 Å². The summed E-state index contributed by atoms with van der Waals surface area (Å²) in [4.78, 5) is 27.9. The van der Waals surface area contributed by atoms with Crippen molar-refractivity contribution in [1.29, 1.82) is 0 Å². The number of hydrogen-bond acceptors (Lipinski definition) is 10. The molecule has 2 N–H and O–H groups in total. The largest absolute Gasteiger partial charge is 0.481 e. The average Bonchev–Trinajstić information content (AvgIpc) is 2.92. The highest BCUT2D eigenvalue weighted by molar-refractivity contribution is 7.88. The van der Waals surface area contributed by atoms with Gasteiger partial charge in [0.15, 0.2) is 5.78 Å². The number of sulfonamides is 1. The lowest BCUT2D eigenvalue weighted by Gasteiger charge is -2.33. The molecule has 4 rings (SSSR count). The van der Waals surface area contributed by atoms with Crippen LogP contribution in [0, 0.1) is 13.8 Å². The Morgan fingerprint density at radius 3 is 2.45 bits per heavy atom. The van der Waals surface area contributed by atoms with Gasteiger partial charge < -0.3 is 15.4 Å². The van der Waals surface area contributed by atoms with Crippen LogP contribution in [0.15, 0.2) is 49.3 Å². The van der Waals surface area contributed by atoms with Crippen molar-refractivity contribution in [3.8, 4) is 5.88 Å². The molecule has 212 valence electrons. The number of carbonyl (C=O) groups is 1. The topological polar surface area (TPSA) is 130 Å². The fourth-order valence-electron chi connectivity index (χ4n) is 4.38. The van der Waals surface area contributed by atoms with Crippen molar-refractivity contribution in [3.05, 3.63) is 71.6 Å². The second kappa shape index (κ2) is 12.5. The lowest BCUT2D eigenvalue weighted by atomic mass is 10.0. The third-order valence-electron chi connectivity index (χ3n) is 6.73. The molecule has 1 aliphatic rings. The molecule has 0 amide bonds. The van der Waals surface area contributed by atoms with Gasteiger partial charge >= 0.3 is 0 Å². The molecule has 3 heterocycles. The molecule has 1 saturated heterocycles. The zero-order chi connectivity index (χ0) is 28.9. The van der Waals surface area contributed by atoms with E-state index in [1.165, 1.54) is 16.6 Å². The molecular formula is C28H35N7O4S. The molecule has 1 aliphatic heterocycles. The predicted octanol–water partition coefficient (Wildman–Crippen LogP) is 3.36. The van der Waals surface area contributed by atoms with Gasteiger partial charge in [-0.3, -0.25) is 9.69 Å². The van der Waals surface area contributed by atoms with Gasteiger partial charge in [-0.25, -0.2) is 18.4 Å². The monoisotopic (exact) mass is 565 g/mol. The number of aryl methyl sites for hydroxylation is 2. The van der Waals surface area contributed by atoms with Gasteiger partial charge in [-0.05, 0) is 42.7 Å². The summed E-state index contributed by atoms with van der Waals surface area (Å²) in [7, 11) is -1.62. The van der Waals surface area contributed by atoms with Gasteiger partial charge in [0.05, 0.1) is 19.1 Å². The van der Waals surface area contributed by atoms with E-state index in [1.54, 1.807) is 25.6 Å². The maximum absolute atomic E-state index is 12.4. The van der Waals surface area contributed by atoms with Gasteiger partial charge in [0.25, 0.3) is 0 Å². The van der Waals surface area contributed by atoms with Crippen molar-refractivity contribution in [3.63, 3.8) is 0 Å². The van der Waals surface area contributed by atoms with Gasteiger partial charge in [-0.2, -0.15) is 9.29 Å². The summed E-state index contributed by atoms with van der Waals surface area (Å²) in [5.41, 5.74) is 5.14. The fraction of sp³-hybridized carbons (Fsp3) is 0.357. The van der Waals surface area contributed by atoms with Gasteiger partial charge in [-0.15, -0.1) is 0 Å². The highest BCUT2D eigenvalue weighted by Gasteiger charge is 2.23. The molecule has 0 unspecified atom stereocenters. The number of ketones is 1. The molecule has 0 radical (unpaired) electrons. The predicted molar refractivity (Wildman–Crippen MR) is 156 cm³/mol. The van der Waals surface area contributed by atoms with E-state index in [1.807, 2.05) is 32.0 Å². The molecule has 0 spiro atoms. The van der Waals surface area contributed by atoms with Crippen LogP contribution < -0.4 is 15.4 Å². The molecule has 0 atom stereocenters. The van der Waals surface area contributed by atoms with Crippen LogP contribution in [0.1, 0.15) is 22.3 Å². The summed E-state index contributed by atoms with van der Waals surface area (Å²) < 4.78 is 30.4. The molecular weight excluding hydrogens is 530 g/mol. The molecule has 3 aromatic rings. The van der Waals surface area contributed by atoms with Gasteiger partial charge in [0.1, 0.15) is 5.82 Å². The number of anilines is 4. The number of carbonyl (C=O) groups excluding carboxylic acids is 1. The number of benzene rings is 1. The zero-order valence-electron chi connectivity index (χ0n) is 23.3.